The first-order valence-electron chi connectivity index (χ1n) is 8.00. The summed E-state index contributed by atoms with van der Waals surface area (Å²) >= 11 is 1.47. The molecule has 1 N–H and O–H groups in total. The van der Waals surface area contributed by atoms with Crippen LogP contribution in [0, 0.1) is 5.92 Å². The number of hydrogen-bond acceptors (Lipinski definition) is 6. The highest BCUT2D eigenvalue weighted by Gasteiger charge is 2.26. The van der Waals surface area contributed by atoms with Crippen LogP contribution in [0.25, 0.3) is 0 Å². The third kappa shape index (κ3) is 4.33. The summed E-state index contributed by atoms with van der Waals surface area (Å²) in [6.45, 7) is 5.62. The lowest BCUT2D eigenvalue weighted by Crippen LogP contribution is -2.41. The summed E-state index contributed by atoms with van der Waals surface area (Å²) in [5, 5.41) is 3.70. The SMILES string of the molecule is O=C(NCCCN1CCOCC1)C1CSc2nccc(=O)n2C1. The van der Waals surface area contributed by atoms with Crippen molar-refractivity contribution < 1.29 is 9.53 Å². The Balaban J connectivity index is 1.42. The zero-order valence-corrected chi connectivity index (χ0v) is 13.9. The second-order valence-electron chi connectivity index (χ2n) is 5.78. The van der Waals surface area contributed by atoms with Crippen LogP contribution in [0.1, 0.15) is 6.42 Å². The number of thioether (sulfide) groups is 1. The second-order valence-corrected chi connectivity index (χ2v) is 6.77. The van der Waals surface area contributed by atoms with Gasteiger partial charge in [0, 0.05) is 44.2 Å². The van der Waals surface area contributed by atoms with E-state index in [-0.39, 0.29) is 17.4 Å². The minimum Gasteiger partial charge on any atom is -0.379 e. The van der Waals surface area contributed by atoms with Gasteiger partial charge in [-0.1, -0.05) is 11.8 Å². The molecule has 2 aliphatic rings. The van der Waals surface area contributed by atoms with Gasteiger partial charge in [0.25, 0.3) is 5.56 Å². The number of hydrogen-bond donors (Lipinski definition) is 1. The minimum absolute atomic E-state index is 0.0286. The summed E-state index contributed by atoms with van der Waals surface area (Å²) in [5.74, 6) is 0.532. The van der Waals surface area contributed by atoms with E-state index >= 15 is 0 Å². The van der Waals surface area contributed by atoms with Gasteiger partial charge in [-0.05, 0) is 13.0 Å². The average Bonchev–Trinajstić information content (AvgIpc) is 2.59. The molecule has 1 aromatic heterocycles. The molecule has 0 spiro atoms. The van der Waals surface area contributed by atoms with Gasteiger partial charge in [0.1, 0.15) is 0 Å². The van der Waals surface area contributed by atoms with Gasteiger partial charge in [-0.15, -0.1) is 0 Å². The number of morpholine rings is 1. The van der Waals surface area contributed by atoms with Crippen LogP contribution < -0.4 is 10.9 Å². The third-order valence-electron chi connectivity index (χ3n) is 4.14. The lowest BCUT2D eigenvalue weighted by molar-refractivity contribution is -0.124. The highest BCUT2D eigenvalue weighted by molar-refractivity contribution is 7.99. The van der Waals surface area contributed by atoms with E-state index in [1.807, 2.05) is 0 Å². The molecule has 23 heavy (non-hydrogen) atoms. The average molecular weight is 338 g/mol. The molecule has 7 nitrogen and oxygen atoms in total. The van der Waals surface area contributed by atoms with Crippen molar-refractivity contribution in [1.82, 2.24) is 19.8 Å². The number of aromatic nitrogens is 2. The number of carbonyl (C=O) groups excluding carboxylic acids is 1. The van der Waals surface area contributed by atoms with E-state index in [0.29, 0.717) is 24.0 Å². The van der Waals surface area contributed by atoms with Gasteiger partial charge in [-0.25, -0.2) is 4.98 Å². The molecule has 8 heteroatoms. The number of amides is 1. The molecule has 0 saturated carbocycles. The van der Waals surface area contributed by atoms with Crippen LogP contribution in [0.3, 0.4) is 0 Å². The van der Waals surface area contributed by atoms with Gasteiger partial charge >= 0.3 is 0 Å². The molecule has 1 fully saturated rings. The van der Waals surface area contributed by atoms with E-state index in [1.54, 1.807) is 4.57 Å². The van der Waals surface area contributed by atoms with Gasteiger partial charge < -0.3 is 10.1 Å². The number of carbonyl (C=O) groups is 1. The Hall–Kier alpha value is -1.38. The largest absolute Gasteiger partial charge is 0.379 e. The molecule has 3 heterocycles. The molecule has 1 aromatic rings. The smallest absolute Gasteiger partial charge is 0.254 e. The Morgan fingerprint density at radius 3 is 3.09 bits per heavy atom. The summed E-state index contributed by atoms with van der Waals surface area (Å²) in [6, 6.07) is 1.44. The minimum atomic E-state index is -0.169. The Kier molecular flexibility index (Phi) is 5.69. The monoisotopic (exact) mass is 338 g/mol. The highest BCUT2D eigenvalue weighted by atomic mass is 32.2. The predicted molar refractivity (Wildman–Crippen MR) is 87.6 cm³/mol. The first-order chi connectivity index (χ1) is 11.2. The molecule has 0 bridgehead atoms. The van der Waals surface area contributed by atoms with Crippen molar-refractivity contribution >= 4 is 17.7 Å². The zero-order valence-electron chi connectivity index (χ0n) is 13.1. The van der Waals surface area contributed by atoms with E-state index in [0.717, 1.165) is 39.3 Å². The number of fused-ring (bicyclic) bond motifs is 1. The van der Waals surface area contributed by atoms with E-state index in [1.165, 1.54) is 24.0 Å². The molecule has 1 saturated heterocycles. The molecule has 0 radical (unpaired) electrons. The maximum atomic E-state index is 12.3. The van der Waals surface area contributed by atoms with Crippen molar-refractivity contribution in [3.63, 3.8) is 0 Å². The van der Waals surface area contributed by atoms with Crippen molar-refractivity contribution in [2.75, 3.05) is 45.1 Å². The second kappa shape index (κ2) is 7.94. The van der Waals surface area contributed by atoms with Crippen LogP contribution in [0.2, 0.25) is 0 Å². The van der Waals surface area contributed by atoms with Gasteiger partial charge in [0.05, 0.1) is 19.1 Å². The van der Waals surface area contributed by atoms with E-state index in [2.05, 4.69) is 15.2 Å². The normalized spacial score (nSPS) is 21.7. The van der Waals surface area contributed by atoms with Crippen molar-refractivity contribution in [3.05, 3.63) is 22.6 Å². The van der Waals surface area contributed by atoms with Gasteiger partial charge in [0.2, 0.25) is 5.91 Å². The summed E-state index contributed by atoms with van der Waals surface area (Å²) < 4.78 is 6.90. The molecule has 2 aliphatic heterocycles. The Labute approximate surface area is 139 Å². The summed E-state index contributed by atoms with van der Waals surface area (Å²) in [4.78, 5) is 30.6. The first kappa shape index (κ1) is 16.5. The topological polar surface area (TPSA) is 76.5 Å². The van der Waals surface area contributed by atoms with E-state index in [9.17, 15) is 9.59 Å². The van der Waals surface area contributed by atoms with Crippen LogP contribution in [-0.4, -0.2) is 65.5 Å². The van der Waals surface area contributed by atoms with Crippen LogP contribution in [-0.2, 0) is 16.1 Å². The lowest BCUT2D eigenvalue weighted by Gasteiger charge is -2.27. The molecule has 1 unspecified atom stereocenters. The van der Waals surface area contributed by atoms with Crippen molar-refractivity contribution in [3.8, 4) is 0 Å². The molecular formula is C15H22N4O3S. The molecule has 0 aromatic carbocycles. The Morgan fingerprint density at radius 1 is 1.43 bits per heavy atom. The fourth-order valence-corrected chi connectivity index (χ4v) is 3.85. The predicted octanol–water partition coefficient (Wildman–Crippen LogP) is -0.196. The lowest BCUT2D eigenvalue weighted by atomic mass is 10.1. The molecule has 0 aliphatic carbocycles. The quantitative estimate of drug-likeness (QED) is 0.592. The number of rotatable bonds is 5. The summed E-state index contributed by atoms with van der Waals surface area (Å²) in [6.07, 6.45) is 2.46. The Morgan fingerprint density at radius 2 is 2.26 bits per heavy atom. The number of nitrogens with zero attached hydrogens (tertiary/aromatic N) is 3. The summed E-state index contributed by atoms with van der Waals surface area (Å²) in [7, 11) is 0. The first-order valence-corrected chi connectivity index (χ1v) is 8.99. The number of ether oxygens (including phenoxy) is 1. The van der Waals surface area contributed by atoms with Crippen molar-refractivity contribution in [2.24, 2.45) is 5.92 Å². The van der Waals surface area contributed by atoms with Crippen LogP contribution in [0.15, 0.2) is 22.2 Å². The summed E-state index contributed by atoms with van der Waals surface area (Å²) in [5.41, 5.74) is -0.0904. The molecule has 1 amide bonds. The standard InChI is InChI=1S/C15H22N4O3S/c20-13-2-4-17-15-19(13)10-12(11-23-15)14(21)16-3-1-5-18-6-8-22-9-7-18/h2,4,12H,1,3,5-11H2,(H,16,21). The van der Waals surface area contributed by atoms with Crippen LogP contribution >= 0.6 is 11.8 Å². The van der Waals surface area contributed by atoms with Gasteiger partial charge in [-0.2, -0.15) is 0 Å². The van der Waals surface area contributed by atoms with Crippen LogP contribution in [0.4, 0.5) is 0 Å². The maximum absolute atomic E-state index is 12.3. The van der Waals surface area contributed by atoms with E-state index in [4.69, 9.17) is 4.74 Å². The van der Waals surface area contributed by atoms with Gasteiger partial charge in [0.15, 0.2) is 5.16 Å². The third-order valence-corrected chi connectivity index (χ3v) is 5.29. The van der Waals surface area contributed by atoms with Gasteiger partial charge in [-0.3, -0.25) is 19.1 Å². The van der Waals surface area contributed by atoms with Crippen molar-refractivity contribution in [1.29, 1.82) is 0 Å². The van der Waals surface area contributed by atoms with Crippen molar-refractivity contribution in [2.45, 2.75) is 18.1 Å². The van der Waals surface area contributed by atoms with E-state index < -0.39 is 0 Å². The highest BCUT2D eigenvalue weighted by Crippen LogP contribution is 2.24. The fourth-order valence-electron chi connectivity index (χ4n) is 2.79. The fraction of sp³-hybridized carbons (Fsp3) is 0.667. The maximum Gasteiger partial charge on any atom is 0.254 e. The number of nitrogens with one attached hydrogen (secondary N) is 1. The molecular weight excluding hydrogens is 316 g/mol. The molecule has 1 atom stereocenters. The zero-order chi connectivity index (χ0) is 16.1. The molecule has 3 rings (SSSR count). The Bertz CT molecular complexity index is 601. The van der Waals surface area contributed by atoms with Crippen LogP contribution in [0.5, 0.6) is 0 Å². The molecule has 126 valence electrons.